The molecule has 0 unspecified atom stereocenters. The molecule has 0 fully saturated rings. The summed E-state index contributed by atoms with van der Waals surface area (Å²) in [4.78, 5) is 0. The number of fused-ring (bicyclic) bond motifs is 3. The van der Waals surface area contributed by atoms with E-state index in [1.165, 1.54) is 131 Å². The third kappa shape index (κ3) is 5.56. The van der Waals surface area contributed by atoms with Gasteiger partial charge in [-0.2, -0.15) is 0 Å². The van der Waals surface area contributed by atoms with Crippen LogP contribution >= 0.6 is 0 Å². The number of hydrogen-bond acceptors (Lipinski definition) is 0. The van der Waals surface area contributed by atoms with Crippen molar-refractivity contribution in [2.75, 3.05) is 0 Å². The van der Waals surface area contributed by atoms with Crippen LogP contribution in [0.4, 0.5) is 0 Å². The highest BCUT2D eigenvalue weighted by Gasteiger charge is 2.46. The lowest BCUT2D eigenvalue weighted by atomic mass is 9.67. The van der Waals surface area contributed by atoms with Crippen molar-refractivity contribution in [2.24, 2.45) is 0 Å². The fourth-order valence-electron chi connectivity index (χ4n) is 11.7. The van der Waals surface area contributed by atoms with Crippen LogP contribution in [0.5, 0.6) is 0 Å². The van der Waals surface area contributed by atoms with Gasteiger partial charge in [-0.25, -0.2) is 0 Å². The van der Waals surface area contributed by atoms with Crippen LogP contribution in [0.2, 0.25) is 0 Å². The van der Waals surface area contributed by atoms with Crippen LogP contribution in [0.3, 0.4) is 0 Å². The Kier molecular flexibility index (Phi) is 7.86. The lowest BCUT2D eigenvalue weighted by Gasteiger charge is -2.34. The SMILES string of the molecule is CC(C)(C)c1cc2ccc3cc(-c4ccc5c(c4)C(c4ccccc4)(c4ccccc4)c4cc(-c6cc7ccc8cc(C(C)(C)C)cc9ccc(c6)c7c89)ccc4-5)cc4ccc(c1)c2c34. The zero-order valence-corrected chi connectivity index (χ0v) is 38.0. The summed E-state index contributed by atoms with van der Waals surface area (Å²) < 4.78 is 0. The first-order valence-corrected chi connectivity index (χ1v) is 23.3. The fraction of sp³-hybridized carbons (Fsp3) is 0.138. The molecular weight excluding hydrogens is 781 g/mol. The van der Waals surface area contributed by atoms with Gasteiger partial charge in [-0.3, -0.25) is 0 Å². The van der Waals surface area contributed by atoms with E-state index in [1.54, 1.807) is 0 Å². The lowest BCUT2D eigenvalue weighted by Crippen LogP contribution is -2.28. The Morgan fingerprint density at radius 2 is 0.569 bits per heavy atom. The van der Waals surface area contributed by atoms with E-state index in [2.05, 4.69) is 236 Å². The predicted octanol–water partition coefficient (Wildman–Crippen LogP) is 17.8. The Balaban J connectivity index is 1.01. The van der Waals surface area contributed by atoms with Crippen LogP contribution in [0.15, 0.2) is 194 Å². The second kappa shape index (κ2) is 13.4. The van der Waals surface area contributed by atoms with Crippen LogP contribution in [0.1, 0.15) is 74.9 Å². The van der Waals surface area contributed by atoms with Crippen molar-refractivity contribution in [2.45, 2.75) is 57.8 Å². The molecule has 1 aliphatic rings. The molecular formula is C65H50. The molecule has 0 spiro atoms. The summed E-state index contributed by atoms with van der Waals surface area (Å²) in [5, 5.41) is 15.9. The van der Waals surface area contributed by atoms with E-state index in [0.717, 1.165) is 0 Å². The van der Waals surface area contributed by atoms with E-state index in [0.29, 0.717) is 0 Å². The van der Waals surface area contributed by atoms with Gasteiger partial charge < -0.3 is 0 Å². The fourth-order valence-corrected chi connectivity index (χ4v) is 11.7. The zero-order valence-electron chi connectivity index (χ0n) is 38.0. The highest BCUT2D eigenvalue weighted by atomic mass is 14.5. The molecule has 12 aromatic rings. The zero-order chi connectivity index (χ0) is 44.0. The van der Waals surface area contributed by atoms with Gasteiger partial charge in [0.05, 0.1) is 5.41 Å². The van der Waals surface area contributed by atoms with E-state index >= 15 is 0 Å². The topological polar surface area (TPSA) is 0 Å². The number of benzene rings is 12. The molecule has 0 radical (unpaired) electrons. The van der Waals surface area contributed by atoms with Gasteiger partial charge in [0.25, 0.3) is 0 Å². The minimum absolute atomic E-state index is 0.0859. The molecule has 310 valence electrons. The monoisotopic (exact) mass is 830 g/mol. The van der Waals surface area contributed by atoms with E-state index in [1.807, 2.05) is 0 Å². The minimum Gasteiger partial charge on any atom is -0.0622 e. The standard InChI is InChI=1S/C65H50/c1-63(2,3)53-33-45-21-17-41-29-49(30-42-18-22-46(34-53)61(45)59(41)42)39-25-27-55-56-28-26-40(38-58(56)65(57(55)37-39,51-13-9-7-10-14-51)52-15-11-8-12-16-52)50-31-43-19-23-47-35-54(64(4,5)6)36-48-24-20-44(32-50)60(43)62(47)48/h7-38H,1-6H3. The Bertz CT molecular complexity index is 3480. The molecule has 0 saturated heterocycles. The summed E-state index contributed by atoms with van der Waals surface area (Å²) in [7, 11) is 0. The van der Waals surface area contributed by atoms with Crippen LogP contribution < -0.4 is 0 Å². The molecule has 13 rings (SSSR count). The first-order valence-electron chi connectivity index (χ1n) is 23.3. The second-order valence-electron chi connectivity index (χ2n) is 21.0. The number of hydrogen-bond donors (Lipinski definition) is 0. The van der Waals surface area contributed by atoms with Crippen LogP contribution in [-0.4, -0.2) is 0 Å². The van der Waals surface area contributed by atoms with Gasteiger partial charge >= 0.3 is 0 Å². The van der Waals surface area contributed by atoms with E-state index in [9.17, 15) is 0 Å². The molecule has 0 N–H and O–H groups in total. The smallest absolute Gasteiger partial charge is 0.0622 e. The summed E-state index contributed by atoms with van der Waals surface area (Å²) in [6.07, 6.45) is 0. The average molecular weight is 831 g/mol. The van der Waals surface area contributed by atoms with Crippen molar-refractivity contribution in [3.63, 3.8) is 0 Å². The number of rotatable bonds is 4. The van der Waals surface area contributed by atoms with Gasteiger partial charge in [0, 0.05) is 0 Å². The molecule has 0 heteroatoms. The van der Waals surface area contributed by atoms with Crippen molar-refractivity contribution in [3.05, 3.63) is 228 Å². The van der Waals surface area contributed by atoms with Gasteiger partial charge in [-0.1, -0.05) is 199 Å². The van der Waals surface area contributed by atoms with Gasteiger partial charge in [-0.05, 0) is 179 Å². The van der Waals surface area contributed by atoms with Gasteiger partial charge in [0.1, 0.15) is 0 Å². The first-order chi connectivity index (χ1) is 31.4. The Morgan fingerprint density at radius 3 is 0.862 bits per heavy atom. The predicted molar refractivity (Wildman–Crippen MR) is 279 cm³/mol. The normalized spacial score (nSPS) is 13.8. The summed E-state index contributed by atoms with van der Waals surface area (Å²) in [6.45, 7) is 13.8. The largest absolute Gasteiger partial charge is 0.0713 e. The van der Waals surface area contributed by atoms with Crippen LogP contribution in [0, 0.1) is 0 Å². The van der Waals surface area contributed by atoms with Crippen LogP contribution in [0.25, 0.3) is 98.0 Å². The molecule has 0 saturated carbocycles. The lowest BCUT2D eigenvalue weighted by molar-refractivity contribution is 0.591. The maximum atomic E-state index is 2.51. The van der Waals surface area contributed by atoms with E-state index < -0.39 is 5.41 Å². The molecule has 12 aromatic carbocycles. The Hall–Kier alpha value is -7.28. The molecule has 0 nitrogen and oxygen atoms in total. The molecule has 0 amide bonds. The Labute approximate surface area is 381 Å². The summed E-state index contributed by atoms with van der Waals surface area (Å²) in [5.41, 5.74) is 15.1. The second-order valence-corrected chi connectivity index (χ2v) is 21.0. The molecule has 0 heterocycles. The van der Waals surface area contributed by atoms with Crippen molar-refractivity contribution in [3.8, 4) is 33.4 Å². The average Bonchev–Trinajstić information content (AvgIpc) is 3.61. The van der Waals surface area contributed by atoms with Crippen LogP contribution in [-0.2, 0) is 16.2 Å². The van der Waals surface area contributed by atoms with Crippen molar-refractivity contribution in [1.29, 1.82) is 0 Å². The van der Waals surface area contributed by atoms with Crippen molar-refractivity contribution in [1.82, 2.24) is 0 Å². The summed E-state index contributed by atoms with van der Waals surface area (Å²) >= 11 is 0. The molecule has 65 heavy (non-hydrogen) atoms. The molecule has 0 atom stereocenters. The summed E-state index contributed by atoms with van der Waals surface area (Å²) in [6, 6.07) is 74.9. The maximum Gasteiger partial charge on any atom is 0.0713 e. The van der Waals surface area contributed by atoms with Gasteiger partial charge in [0.15, 0.2) is 0 Å². The highest BCUT2D eigenvalue weighted by Crippen LogP contribution is 2.58. The molecule has 0 aliphatic heterocycles. The van der Waals surface area contributed by atoms with Gasteiger partial charge in [-0.15, -0.1) is 0 Å². The molecule has 0 aromatic heterocycles. The third-order valence-electron chi connectivity index (χ3n) is 15.0. The highest BCUT2D eigenvalue weighted by molar-refractivity contribution is 6.25. The quantitative estimate of drug-likeness (QED) is 0.155. The summed E-state index contributed by atoms with van der Waals surface area (Å²) in [5.74, 6) is 0. The minimum atomic E-state index is -0.541. The van der Waals surface area contributed by atoms with Crippen molar-refractivity contribution >= 4 is 64.6 Å². The van der Waals surface area contributed by atoms with E-state index in [4.69, 9.17) is 0 Å². The molecule has 1 aliphatic carbocycles. The third-order valence-corrected chi connectivity index (χ3v) is 15.0. The van der Waals surface area contributed by atoms with E-state index in [-0.39, 0.29) is 10.8 Å². The van der Waals surface area contributed by atoms with Crippen molar-refractivity contribution < 1.29 is 0 Å². The van der Waals surface area contributed by atoms with Gasteiger partial charge in [0.2, 0.25) is 0 Å². The maximum absolute atomic E-state index is 2.51. The molecule has 0 bridgehead atoms. The first kappa shape index (κ1) is 38.2. The Morgan fingerprint density at radius 1 is 0.277 bits per heavy atom.